The van der Waals surface area contributed by atoms with Gasteiger partial charge in [-0.25, -0.2) is 4.98 Å². The van der Waals surface area contributed by atoms with Crippen molar-refractivity contribution in [2.24, 2.45) is 58.8 Å². The number of carbonyl (C=O) groups is 18. The van der Waals surface area contributed by atoms with Crippen LogP contribution in [-0.2, 0) is 92.7 Å². The Kier molecular flexibility index (Phi) is 44.9. The van der Waals surface area contributed by atoms with Gasteiger partial charge in [0, 0.05) is 31.3 Å². The van der Waals surface area contributed by atoms with Gasteiger partial charge in [0.05, 0.1) is 25.5 Å². The van der Waals surface area contributed by atoms with Crippen LogP contribution in [0.1, 0.15) is 215 Å². The highest BCUT2D eigenvalue weighted by molar-refractivity contribution is 6.01. The number of likely N-dealkylation sites (tertiary alicyclic amines) is 1. The summed E-state index contributed by atoms with van der Waals surface area (Å²) < 4.78 is 0. The molecule has 0 aromatic carbocycles. The van der Waals surface area contributed by atoms with E-state index in [1.807, 2.05) is 27.7 Å². The summed E-state index contributed by atoms with van der Waals surface area (Å²) in [6, 6.07) is -18.5. The molecule has 0 saturated carbocycles. The maximum atomic E-state index is 14.3. The first kappa shape index (κ1) is 104. The molecule has 2 heterocycles. The van der Waals surface area contributed by atoms with Crippen molar-refractivity contribution in [1.82, 2.24) is 94.6 Å². The number of nitrogens with two attached hydrogens (primary N) is 2. The third-order valence-electron chi connectivity index (χ3n) is 19.4. The minimum Gasteiger partial charge on any atom is -0.480 e. The molecule has 0 aliphatic carbocycles. The van der Waals surface area contributed by atoms with Gasteiger partial charge < -0.3 is 106 Å². The number of aliphatic carboxylic acids is 1. The van der Waals surface area contributed by atoms with Crippen LogP contribution in [-0.4, -0.2) is 237 Å². The first-order valence-electron chi connectivity index (χ1n) is 41.0. The SMILES string of the molecule is CC[C@H](C)[C@H](NC(=O)[C@@H](NC(=O)[C@H](CC(C)C)NC(=O)CNC(=O)[C@H](CC(C)C)NC(=O)[C@H](C)NC(=O)[C@H](CC(C)C)NC(=O)CNC(=O)[C@H](Cc1cnc[nH]1)NC(=O)[C@H](C)NC(=O)[C@H](CC(C)C)NC(=O)[C@H](C)NC(=O)[C@@H]1CCCN1C(=O)[C@H](CCC(N)=O)NC(=O)[C@H](CC(C)C)NC(=O)[C@@H](N)CC(C)C)C(C)C)C(=O)N[C@@H](C)C(=O)O. The molecule has 16 atom stereocenters. The number of amides is 17. The van der Waals surface area contributed by atoms with Gasteiger partial charge in [-0.1, -0.05) is 117 Å². The standard InChI is InChI=1S/C79H136N20O19/c1-21-45(16)64(77(115)89-49(20)79(117)118)98-76(114)63(44(14)15)97-74(112)55(30-41(8)9)91-62(102)35-83-69(107)53(28-39(4)5)93-65(103)46(17)86-71(109)54(29-40(6)7)90-61(101)36-84-70(108)58(33-50-34-82-37-85-50)95-66(104)47(18)87-72(110)56(31-42(10)11)94-67(105)48(19)88-75(113)59-23-22-26-99(59)78(116)52(24-25-60(81)100)92-73(111)57(32-43(12)13)96-68(106)51(80)27-38(2)3/h34,37-49,51-59,63-64H,21-33,35-36,80H2,1-20H3,(H2,81,100)(H,82,85)(H,83,107)(H,84,108)(H,86,109)(H,87,110)(H,88,113)(H,89,115)(H,90,101)(H,91,102)(H,92,111)(H,93,103)(H,94,105)(H,95,104)(H,96,106)(H,97,112)(H,98,114)(H,117,118)/t45-,46-,47-,48-,49-,51-,52-,53-,54-,55-,56-,57-,58-,59-,63-,64-/m0/s1. The second kappa shape index (κ2) is 51.1. The second-order valence-corrected chi connectivity index (χ2v) is 33.7. The van der Waals surface area contributed by atoms with Crippen LogP contribution in [0.2, 0.25) is 0 Å². The van der Waals surface area contributed by atoms with Crippen molar-refractivity contribution < 1.29 is 91.4 Å². The fourth-order valence-electron chi connectivity index (χ4n) is 12.7. The molecule has 0 radical (unpaired) electrons. The van der Waals surface area contributed by atoms with Gasteiger partial charge >= 0.3 is 5.97 Å². The van der Waals surface area contributed by atoms with Gasteiger partial charge in [0.2, 0.25) is 100 Å². The van der Waals surface area contributed by atoms with E-state index in [1.54, 1.807) is 83.1 Å². The number of carbonyl (C=O) groups excluding carboxylic acids is 17. The summed E-state index contributed by atoms with van der Waals surface area (Å²) in [7, 11) is 0. The quantitative estimate of drug-likeness (QED) is 0.0343. The zero-order chi connectivity index (χ0) is 89.9. The van der Waals surface area contributed by atoms with E-state index in [9.17, 15) is 91.4 Å². The number of carboxylic acid groups (broad SMARTS) is 1. The van der Waals surface area contributed by atoms with Crippen molar-refractivity contribution in [1.29, 1.82) is 0 Å². The molecule has 666 valence electrons. The maximum absolute atomic E-state index is 14.3. The molecule has 1 aliphatic rings. The predicted octanol–water partition coefficient (Wildman–Crippen LogP) is -1.79. The second-order valence-electron chi connectivity index (χ2n) is 33.7. The first-order valence-corrected chi connectivity index (χ1v) is 41.0. The van der Waals surface area contributed by atoms with Gasteiger partial charge in [0.1, 0.15) is 84.6 Å². The van der Waals surface area contributed by atoms with Crippen molar-refractivity contribution in [2.45, 2.75) is 306 Å². The summed E-state index contributed by atoms with van der Waals surface area (Å²) in [5.41, 5.74) is 12.0. The number of H-pyrrole nitrogens is 1. The van der Waals surface area contributed by atoms with E-state index in [2.05, 4.69) is 89.7 Å². The average molecular weight is 1670 g/mol. The zero-order valence-electron chi connectivity index (χ0n) is 72.4. The number of primary amides is 1. The summed E-state index contributed by atoms with van der Waals surface area (Å²) in [5, 5.41) is 48.2. The maximum Gasteiger partial charge on any atom is 0.325 e. The Morgan fingerprint density at radius 1 is 0.441 bits per heavy atom. The van der Waals surface area contributed by atoms with E-state index in [0.717, 1.165) is 0 Å². The topological polar surface area (TPSA) is 592 Å². The highest BCUT2D eigenvalue weighted by atomic mass is 16.4. The molecule has 39 heteroatoms. The Hall–Kier alpha value is -10.4. The van der Waals surface area contributed by atoms with Crippen LogP contribution < -0.4 is 91.2 Å². The number of nitrogens with one attached hydrogen (secondary N) is 16. The summed E-state index contributed by atoms with van der Waals surface area (Å²) in [4.78, 5) is 252. The lowest BCUT2D eigenvalue weighted by molar-refractivity contribution is -0.143. The summed E-state index contributed by atoms with van der Waals surface area (Å²) in [6.07, 6.45) is 3.68. The number of imidazole rings is 1. The number of hydrogen-bond acceptors (Lipinski definition) is 20. The third kappa shape index (κ3) is 37.5. The number of nitrogens with zero attached hydrogens (tertiary/aromatic N) is 2. The number of aromatic nitrogens is 2. The highest BCUT2D eigenvalue weighted by Gasteiger charge is 2.42. The highest BCUT2D eigenvalue weighted by Crippen LogP contribution is 2.22. The molecule has 1 fully saturated rings. The van der Waals surface area contributed by atoms with Gasteiger partial charge in [-0.05, 0) is 133 Å². The molecule has 21 N–H and O–H groups in total. The van der Waals surface area contributed by atoms with Crippen molar-refractivity contribution in [3.63, 3.8) is 0 Å². The van der Waals surface area contributed by atoms with Gasteiger partial charge in [0.25, 0.3) is 0 Å². The predicted molar refractivity (Wildman–Crippen MR) is 436 cm³/mol. The summed E-state index contributed by atoms with van der Waals surface area (Å²) >= 11 is 0. The van der Waals surface area contributed by atoms with Crippen molar-refractivity contribution in [3.05, 3.63) is 18.2 Å². The van der Waals surface area contributed by atoms with Crippen molar-refractivity contribution in [2.75, 3.05) is 19.6 Å². The lowest BCUT2D eigenvalue weighted by Gasteiger charge is -2.31. The number of carboxylic acids is 1. The fraction of sp³-hybridized carbons (Fsp3) is 0.734. The molecule has 39 nitrogen and oxygen atoms in total. The average Bonchev–Trinajstić information content (AvgIpc) is 1.65. The summed E-state index contributed by atoms with van der Waals surface area (Å²) in [5.74, 6) is -16.2. The molecule has 1 aromatic heterocycles. The van der Waals surface area contributed by atoms with Gasteiger partial charge in [-0.3, -0.25) is 86.3 Å². The Bertz CT molecular complexity index is 3570. The first-order chi connectivity index (χ1) is 55.0. The molecular weight excluding hydrogens is 1530 g/mol. The van der Waals surface area contributed by atoms with E-state index in [1.165, 1.54) is 45.1 Å². The van der Waals surface area contributed by atoms with Gasteiger partial charge in [0.15, 0.2) is 0 Å². The molecule has 1 aliphatic heterocycles. The van der Waals surface area contributed by atoms with Crippen LogP contribution in [0, 0.1) is 47.3 Å². The number of rotatable bonds is 52. The van der Waals surface area contributed by atoms with E-state index in [4.69, 9.17) is 11.5 Å². The third-order valence-corrected chi connectivity index (χ3v) is 19.4. The van der Waals surface area contributed by atoms with Crippen molar-refractivity contribution in [3.8, 4) is 0 Å². The monoisotopic (exact) mass is 1670 g/mol. The smallest absolute Gasteiger partial charge is 0.325 e. The molecule has 17 amide bonds. The molecule has 2 rings (SSSR count). The Balaban J connectivity index is 2.19. The molecule has 1 saturated heterocycles. The van der Waals surface area contributed by atoms with E-state index < -0.39 is 222 Å². The largest absolute Gasteiger partial charge is 0.480 e. The lowest BCUT2D eigenvalue weighted by atomic mass is 9.95. The number of hydrogen-bond donors (Lipinski definition) is 19. The molecule has 0 bridgehead atoms. The molecule has 1 aromatic rings. The van der Waals surface area contributed by atoms with E-state index in [0.29, 0.717) is 25.0 Å². The van der Waals surface area contributed by atoms with Crippen molar-refractivity contribution >= 4 is 106 Å². The fourth-order valence-corrected chi connectivity index (χ4v) is 12.7. The summed E-state index contributed by atoms with van der Waals surface area (Å²) in [6.45, 7) is 32.5. The Morgan fingerprint density at radius 2 is 0.814 bits per heavy atom. The van der Waals surface area contributed by atoms with E-state index >= 15 is 0 Å². The van der Waals surface area contributed by atoms with Gasteiger partial charge in [-0.2, -0.15) is 0 Å². The Labute approximate surface area is 692 Å². The van der Waals surface area contributed by atoms with Crippen LogP contribution in [0.15, 0.2) is 12.5 Å². The zero-order valence-corrected chi connectivity index (χ0v) is 72.4. The molecule has 0 spiro atoms. The molecule has 118 heavy (non-hydrogen) atoms. The minimum atomic E-state index is -1.42. The lowest BCUT2D eigenvalue weighted by Crippen LogP contribution is -2.60. The van der Waals surface area contributed by atoms with Crippen LogP contribution in [0.4, 0.5) is 0 Å². The van der Waals surface area contributed by atoms with Crippen LogP contribution >= 0.6 is 0 Å². The normalized spacial score (nSPS) is 16.6. The molecular formula is C79H136N20O19. The molecule has 0 unspecified atom stereocenters. The van der Waals surface area contributed by atoms with Crippen LogP contribution in [0.3, 0.4) is 0 Å². The van der Waals surface area contributed by atoms with E-state index in [-0.39, 0.29) is 99.8 Å². The van der Waals surface area contributed by atoms with Crippen LogP contribution in [0.5, 0.6) is 0 Å². The van der Waals surface area contributed by atoms with Gasteiger partial charge in [-0.15, -0.1) is 0 Å². The van der Waals surface area contributed by atoms with Crippen LogP contribution in [0.25, 0.3) is 0 Å². The minimum absolute atomic E-state index is 0.0415. The Morgan fingerprint density at radius 3 is 1.23 bits per heavy atom. The number of aromatic amines is 1.